The first-order valence-electron chi connectivity index (χ1n) is 6.13. The fourth-order valence-electron chi connectivity index (χ4n) is 2.24. The van der Waals surface area contributed by atoms with Crippen LogP contribution in [0.15, 0.2) is 11.1 Å². The Balaban J connectivity index is 2.14. The van der Waals surface area contributed by atoms with Crippen molar-refractivity contribution < 1.29 is 13.2 Å². The van der Waals surface area contributed by atoms with Crippen LogP contribution in [0.1, 0.15) is 38.4 Å². The molecule has 1 saturated carbocycles. The summed E-state index contributed by atoms with van der Waals surface area (Å²) in [6.07, 6.45) is -0.231. The van der Waals surface area contributed by atoms with Crippen molar-refractivity contribution in [2.24, 2.45) is 5.92 Å². The van der Waals surface area contributed by atoms with Gasteiger partial charge in [-0.1, -0.05) is 31.4 Å². The van der Waals surface area contributed by atoms with Gasteiger partial charge in [0, 0.05) is 11.3 Å². The molecule has 0 N–H and O–H groups in total. The maximum absolute atomic E-state index is 12.6. The van der Waals surface area contributed by atoms with E-state index in [1.165, 1.54) is 24.2 Å². The Bertz CT molecular complexity index is 453. The van der Waals surface area contributed by atoms with E-state index in [9.17, 15) is 13.2 Å². The van der Waals surface area contributed by atoms with Crippen LogP contribution in [0.3, 0.4) is 0 Å². The minimum atomic E-state index is -4.56. The molecule has 2 rings (SSSR count). The highest BCUT2D eigenvalue weighted by Crippen LogP contribution is 2.37. The summed E-state index contributed by atoms with van der Waals surface area (Å²) in [5.41, 5.74) is 0. The van der Waals surface area contributed by atoms with E-state index in [0.717, 1.165) is 19.3 Å². The van der Waals surface area contributed by atoms with Crippen molar-refractivity contribution in [1.29, 1.82) is 0 Å². The monoisotopic (exact) mass is 310 g/mol. The van der Waals surface area contributed by atoms with Crippen LogP contribution in [-0.2, 0) is 6.18 Å². The lowest BCUT2D eigenvalue weighted by atomic mass is 9.91. The van der Waals surface area contributed by atoms with Gasteiger partial charge in [0.05, 0.1) is 0 Å². The molecule has 2 nitrogen and oxygen atoms in total. The molecule has 19 heavy (non-hydrogen) atoms. The molecule has 0 spiro atoms. The first kappa shape index (κ1) is 14.9. The van der Waals surface area contributed by atoms with E-state index in [2.05, 4.69) is 16.9 Å². The normalized spacial score (nSPS) is 24.5. The molecule has 0 saturated heterocycles. The molecule has 0 radical (unpaired) electrons. The van der Waals surface area contributed by atoms with E-state index in [4.69, 9.17) is 11.6 Å². The molecule has 2 unspecified atom stereocenters. The summed E-state index contributed by atoms with van der Waals surface area (Å²) < 4.78 is 37.8. The van der Waals surface area contributed by atoms with Gasteiger partial charge in [-0.05, 0) is 18.8 Å². The lowest BCUT2D eigenvalue weighted by Gasteiger charge is -2.25. The number of aromatic nitrogens is 2. The highest BCUT2D eigenvalue weighted by Gasteiger charge is 2.35. The van der Waals surface area contributed by atoms with Gasteiger partial charge in [-0.15, -0.1) is 11.8 Å². The van der Waals surface area contributed by atoms with Crippen molar-refractivity contribution >= 4 is 23.4 Å². The summed E-state index contributed by atoms with van der Waals surface area (Å²) in [6, 6.07) is 1.40. The minimum Gasteiger partial charge on any atom is -0.218 e. The fraction of sp³-hybridized carbons (Fsp3) is 0.667. The van der Waals surface area contributed by atoms with E-state index in [0.29, 0.717) is 16.2 Å². The molecular weight excluding hydrogens is 297 g/mol. The number of hydrogen-bond acceptors (Lipinski definition) is 3. The molecule has 1 heterocycles. The number of rotatable bonds is 2. The predicted octanol–water partition coefficient (Wildman–Crippen LogP) is 4.82. The van der Waals surface area contributed by atoms with Gasteiger partial charge in [-0.2, -0.15) is 13.2 Å². The first-order chi connectivity index (χ1) is 8.84. The summed E-state index contributed by atoms with van der Waals surface area (Å²) in [7, 11) is 0. The third-order valence-corrected chi connectivity index (χ3v) is 4.51. The van der Waals surface area contributed by atoms with E-state index in [1.807, 2.05) is 0 Å². The van der Waals surface area contributed by atoms with Crippen LogP contribution >= 0.6 is 23.4 Å². The topological polar surface area (TPSA) is 25.8 Å². The molecule has 0 aromatic carbocycles. The van der Waals surface area contributed by atoms with Gasteiger partial charge in [0.15, 0.2) is 0 Å². The maximum atomic E-state index is 12.6. The molecule has 1 aromatic heterocycles. The fourth-order valence-corrected chi connectivity index (χ4v) is 3.86. The zero-order valence-electron chi connectivity index (χ0n) is 10.4. The second-order valence-corrected chi connectivity index (χ2v) is 6.57. The molecule has 1 aromatic rings. The van der Waals surface area contributed by atoms with Crippen molar-refractivity contribution in [3.05, 3.63) is 17.0 Å². The van der Waals surface area contributed by atoms with Gasteiger partial charge in [-0.25, -0.2) is 9.97 Å². The Morgan fingerprint density at radius 2 is 2.05 bits per heavy atom. The maximum Gasteiger partial charge on any atom is 0.451 e. The molecule has 106 valence electrons. The zero-order valence-corrected chi connectivity index (χ0v) is 11.9. The smallest absolute Gasteiger partial charge is 0.218 e. The average Bonchev–Trinajstić information content (AvgIpc) is 2.26. The van der Waals surface area contributed by atoms with Crippen LogP contribution in [0.4, 0.5) is 13.2 Å². The van der Waals surface area contributed by atoms with Crippen LogP contribution in [0, 0.1) is 5.92 Å². The van der Waals surface area contributed by atoms with Gasteiger partial charge in [0.25, 0.3) is 0 Å². The van der Waals surface area contributed by atoms with E-state index < -0.39 is 12.0 Å². The van der Waals surface area contributed by atoms with E-state index in [-0.39, 0.29) is 5.15 Å². The van der Waals surface area contributed by atoms with Crippen molar-refractivity contribution in [2.75, 3.05) is 0 Å². The molecular formula is C12H14ClF3N2S. The van der Waals surface area contributed by atoms with Crippen molar-refractivity contribution in [3.63, 3.8) is 0 Å². The van der Waals surface area contributed by atoms with Crippen molar-refractivity contribution in [3.8, 4) is 0 Å². The van der Waals surface area contributed by atoms with E-state index in [1.54, 1.807) is 0 Å². The number of thioether (sulfide) groups is 1. The number of halogens is 4. The SMILES string of the molecule is CC1CCCC(Sc2cc(Cl)nc(C(F)(F)F)n2)C1. The molecule has 2 atom stereocenters. The van der Waals surface area contributed by atoms with Gasteiger partial charge < -0.3 is 0 Å². The third kappa shape index (κ3) is 4.24. The van der Waals surface area contributed by atoms with E-state index >= 15 is 0 Å². The Kier molecular flexibility index (Phi) is 4.61. The van der Waals surface area contributed by atoms with Gasteiger partial charge >= 0.3 is 6.18 Å². The molecule has 7 heteroatoms. The van der Waals surface area contributed by atoms with Crippen LogP contribution in [-0.4, -0.2) is 15.2 Å². The largest absolute Gasteiger partial charge is 0.451 e. The minimum absolute atomic E-state index is 0.159. The number of alkyl halides is 3. The summed E-state index contributed by atoms with van der Waals surface area (Å²) >= 11 is 7.02. The lowest BCUT2D eigenvalue weighted by Crippen LogP contribution is -2.16. The van der Waals surface area contributed by atoms with Crippen LogP contribution in [0.25, 0.3) is 0 Å². The Hall–Kier alpha value is -0.490. The van der Waals surface area contributed by atoms with Gasteiger partial charge in [0.1, 0.15) is 10.2 Å². The summed E-state index contributed by atoms with van der Waals surface area (Å²) in [5, 5.41) is 0.468. The summed E-state index contributed by atoms with van der Waals surface area (Å²) in [6.45, 7) is 2.17. The van der Waals surface area contributed by atoms with Crippen molar-refractivity contribution in [1.82, 2.24) is 9.97 Å². The molecule has 1 aliphatic rings. The molecule has 0 bridgehead atoms. The highest BCUT2D eigenvalue weighted by atomic mass is 35.5. The van der Waals surface area contributed by atoms with Gasteiger partial charge in [0.2, 0.25) is 5.82 Å². The first-order valence-corrected chi connectivity index (χ1v) is 7.39. The number of nitrogens with zero attached hydrogens (tertiary/aromatic N) is 2. The average molecular weight is 311 g/mol. The second kappa shape index (κ2) is 5.87. The highest BCUT2D eigenvalue weighted by molar-refractivity contribution is 7.99. The standard InChI is InChI=1S/C12H14ClF3N2S/c1-7-3-2-4-8(5-7)19-10-6-9(13)17-11(18-10)12(14,15)16/h6-8H,2-5H2,1H3. The summed E-state index contributed by atoms with van der Waals surface area (Å²) in [4.78, 5) is 6.80. The molecule has 0 amide bonds. The van der Waals surface area contributed by atoms with Crippen LogP contribution in [0.5, 0.6) is 0 Å². The molecule has 1 aliphatic carbocycles. The Labute approximate surface area is 119 Å². The summed E-state index contributed by atoms with van der Waals surface area (Å²) in [5.74, 6) is -0.544. The zero-order chi connectivity index (χ0) is 14.0. The number of hydrogen-bond donors (Lipinski definition) is 0. The third-order valence-electron chi connectivity index (χ3n) is 3.10. The van der Waals surface area contributed by atoms with Crippen molar-refractivity contribution in [2.45, 2.75) is 49.1 Å². The van der Waals surface area contributed by atoms with Crippen LogP contribution < -0.4 is 0 Å². The lowest BCUT2D eigenvalue weighted by molar-refractivity contribution is -0.145. The Morgan fingerprint density at radius 3 is 2.68 bits per heavy atom. The van der Waals surface area contributed by atoms with Gasteiger partial charge in [-0.3, -0.25) is 0 Å². The quantitative estimate of drug-likeness (QED) is 0.732. The molecule has 1 fully saturated rings. The predicted molar refractivity (Wildman–Crippen MR) is 69.3 cm³/mol. The van der Waals surface area contributed by atoms with Crippen LogP contribution in [0.2, 0.25) is 5.15 Å². The second-order valence-electron chi connectivity index (χ2n) is 4.86. The molecule has 0 aliphatic heterocycles. The Morgan fingerprint density at radius 1 is 1.32 bits per heavy atom.